The lowest BCUT2D eigenvalue weighted by Crippen LogP contribution is -2.34. The highest BCUT2D eigenvalue weighted by atomic mass is 16.4. The van der Waals surface area contributed by atoms with Gasteiger partial charge in [-0.3, -0.25) is 19.6 Å². The molecule has 0 amide bonds. The molecule has 2 unspecified atom stereocenters. The van der Waals surface area contributed by atoms with Gasteiger partial charge in [-0.25, -0.2) is 9.59 Å². The molecule has 36 heavy (non-hydrogen) atoms. The largest absolute Gasteiger partial charge is 0.511 e. The Bertz CT molecular complexity index is 1010. The number of carbonyl (C=O) groups is 4. The van der Waals surface area contributed by atoms with Crippen LogP contribution in [0.1, 0.15) is 80.1 Å². The summed E-state index contributed by atoms with van der Waals surface area (Å²) >= 11 is 0. The summed E-state index contributed by atoms with van der Waals surface area (Å²) in [5.41, 5.74) is -0.632. The number of aliphatic carboxylic acids is 2. The third-order valence-corrected chi connectivity index (χ3v) is 6.29. The first-order valence-electron chi connectivity index (χ1n) is 11.9. The number of nitrogens with zero attached hydrogens (tertiary/aromatic N) is 2. The summed E-state index contributed by atoms with van der Waals surface area (Å²) in [6, 6.07) is -2.23. The number of hydrogen-bond acceptors (Lipinski definition) is 8. The molecule has 0 aromatic carbocycles. The molecule has 0 aromatic heterocycles. The predicted molar refractivity (Wildman–Crippen MR) is 134 cm³/mol. The number of hydrogen-bond donors (Lipinski definition) is 4. The Morgan fingerprint density at radius 2 is 1.00 bits per heavy atom. The quantitative estimate of drug-likeness (QED) is 0.297. The van der Waals surface area contributed by atoms with Gasteiger partial charge >= 0.3 is 11.9 Å². The van der Waals surface area contributed by atoms with Crippen molar-refractivity contribution >= 4 is 34.9 Å². The molecular formula is C26H36N2O8. The summed E-state index contributed by atoms with van der Waals surface area (Å²) in [4.78, 5) is 56.7. The fraction of sp³-hybridized carbons (Fsp3) is 0.615. The topological polar surface area (TPSA) is 174 Å². The average molecular weight is 505 g/mol. The number of carboxylic acids is 2. The number of rotatable bonds is 7. The third-order valence-electron chi connectivity index (χ3n) is 6.29. The molecule has 4 N–H and O–H groups in total. The van der Waals surface area contributed by atoms with E-state index in [1.165, 1.54) is 13.8 Å². The van der Waals surface area contributed by atoms with Crippen LogP contribution in [-0.2, 0) is 19.2 Å². The van der Waals surface area contributed by atoms with Crippen molar-refractivity contribution in [3.05, 3.63) is 22.7 Å². The summed E-state index contributed by atoms with van der Waals surface area (Å²) in [5, 5.41) is 40.1. The van der Waals surface area contributed by atoms with Crippen LogP contribution in [0.25, 0.3) is 0 Å². The minimum absolute atomic E-state index is 0.0512. The van der Waals surface area contributed by atoms with Gasteiger partial charge in [0.15, 0.2) is 11.6 Å². The van der Waals surface area contributed by atoms with E-state index >= 15 is 0 Å². The van der Waals surface area contributed by atoms with E-state index in [-0.39, 0.29) is 71.3 Å². The minimum atomic E-state index is -1.17. The number of carboxylic acid groups (broad SMARTS) is 2. The molecular weight excluding hydrogens is 468 g/mol. The van der Waals surface area contributed by atoms with Crippen molar-refractivity contribution in [1.82, 2.24) is 0 Å². The van der Waals surface area contributed by atoms with Gasteiger partial charge in [-0.1, -0.05) is 27.7 Å². The molecule has 10 heteroatoms. The van der Waals surface area contributed by atoms with Gasteiger partial charge in [-0.15, -0.1) is 0 Å². The molecule has 0 radical (unpaired) electrons. The fourth-order valence-corrected chi connectivity index (χ4v) is 4.52. The Morgan fingerprint density at radius 1 is 0.694 bits per heavy atom. The second kappa shape index (κ2) is 10.8. The maximum atomic E-state index is 12.9. The Hall–Kier alpha value is -3.30. The number of aliphatic hydroxyl groups is 2. The van der Waals surface area contributed by atoms with Crippen molar-refractivity contribution < 1.29 is 39.6 Å². The first kappa shape index (κ1) is 28.9. The molecule has 2 saturated carbocycles. The second-order valence-electron chi connectivity index (χ2n) is 11.2. The highest BCUT2D eigenvalue weighted by Crippen LogP contribution is 2.38. The highest BCUT2D eigenvalue weighted by Gasteiger charge is 2.38. The molecule has 2 fully saturated rings. The summed E-state index contributed by atoms with van der Waals surface area (Å²) in [7, 11) is 0. The second-order valence-corrected chi connectivity index (χ2v) is 11.2. The highest BCUT2D eigenvalue weighted by molar-refractivity contribution is 6.25. The van der Waals surface area contributed by atoms with Crippen LogP contribution in [0.5, 0.6) is 0 Å². The first-order valence-corrected chi connectivity index (χ1v) is 11.9. The summed E-state index contributed by atoms with van der Waals surface area (Å²) < 4.78 is 0. The van der Waals surface area contributed by atoms with Gasteiger partial charge in [0.2, 0.25) is 0 Å². The number of Topliss-reactive ketones (excluding diaryl/α,β-unsaturated/α-hetero) is 2. The molecule has 0 saturated heterocycles. The zero-order chi connectivity index (χ0) is 27.6. The lowest BCUT2D eigenvalue weighted by atomic mass is 9.72. The van der Waals surface area contributed by atoms with E-state index in [0.29, 0.717) is 12.8 Å². The molecule has 0 bridgehead atoms. The molecule has 198 valence electrons. The molecule has 2 aliphatic rings. The van der Waals surface area contributed by atoms with E-state index in [1.807, 2.05) is 27.7 Å². The van der Waals surface area contributed by atoms with Crippen molar-refractivity contribution in [1.29, 1.82) is 0 Å². The van der Waals surface area contributed by atoms with E-state index in [1.54, 1.807) is 0 Å². The van der Waals surface area contributed by atoms with E-state index in [0.717, 1.165) is 0 Å². The Labute approximate surface area is 210 Å². The molecule has 2 atom stereocenters. The Kier molecular flexibility index (Phi) is 8.65. The normalized spacial score (nSPS) is 26.5. The van der Waals surface area contributed by atoms with Gasteiger partial charge in [-0.05, 0) is 37.5 Å². The van der Waals surface area contributed by atoms with Crippen molar-refractivity contribution in [2.24, 2.45) is 20.8 Å². The number of ketones is 2. The molecule has 0 aliphatic heterocycles. The molecule has 2 aliphatic carbocycles. The lowest BCUT2D eigenvalue weighted by molar-refractivity contribution is -0.138. The van der Waals surface area contributed by atoms with Gasteiger partial charge in [0.05, 0.1) is 22.6 Å². The van der Waals surface area contributed by atoms with Crippen LogP contribution in [-0.4, -0.2) is 67.4 Å². The van der Waals surface area contributed by atoms with Crippen molar-refractivity contribution in [3.63, 3.8) is 0 Å². The van der Waals surface area contributed by atoms with Gasteiger partial charge in [0, 0.05) is 25.7 Å². The number of aliphatic imine (C=N–C) groups is 2. The van der Waals surface area contributed by atoms with E-state index in [2.05, 4.69) is 9.98 Å². The SMILES string of the molecule is CC(N=C1CC(C)(C)CC(=O)/C1=C(/O)CC/C(O)=C1\C(=O)CC(C)(C)CC1=NC(C)C(=O)O)C(=O)O. The minimum Gasteiger partial charge on any atom is -0.511 e. The average Bonchev–Trinajstić information content (AvgIpc) is 2.69. The zero-order valence-electron chi connectivity index (χ0n) is 21.7. The third kappa shape index (κ3) is 7.11. The van der Waals surface area contributed by atoms with Crippen LogP contribution in [0.15, 0.2) is 32.6 Å². The van der Waals surface area contributed by atoms with Crippen LogP contribution >= 0.6 is 0 Å². The molecule has 0 aromatic rings. The summed E-state index contributed by atoms with van der Waals surface area (Å²) in [6.07, 6.45) is 0.459. The maximum Gasteiger partial charge on any atom is 0.328 e. The monoisotopic (exact) mass is 504 g/mol. The smallest absolute Gasteiger partial charge is 0.328 e. The van der Waals surface area contributed by atoms with Crippen molar-refractivity contribution in [2.75, 3.05) is 0 Å². The summed E-state index contributed by atoms with van der Waals surface area (Å²) in [5.74, 6) is -3.78. The molecule has 0 heterocycles. The van der Waals surface area contributed by atoms with Gasteiger partial charge in [0.25, 0.3) is 0 Å². The zero-order valence-corrected chi connectivity index (χ0v) is 21.7. The van der Waals surface area contributed by atoms with Crippen LogP contribution in [0.4, 0.5) is 0 Å². The van der Waals surface area contributed by atoms with E-state index in [9.17, 15) is 39.6 Å². The molecule has 2 rings (SSSR count). The number of allylic oxidation sites excluding steroid dienone is 4. The van der Waals surface area contributed by atoms with Gasteiger partial charge in [0.1, 0.15) is 23.6 Å². The first-order chi connectivity index (χ1) is 16.4. The van der Waals surface area contributed by atoms with Crippen LogP contribution in [0, 0.1) is 10.8 Å². The Morgan fingerprint density at radius 3 is 1.28 bits per heavy atom. The van der Waals surface area contributed by atoms with E-state index in [4.69, 9.17) is 0 Å². The maximum absolute atomic E-state index is 12.9. The van der Waals surface area contributed by atoms with Crippen molar-refractivity contribution in [2.45, 2.75) is 92.2 Å². The number of aliphatic hydroxyl groups excluding tert-OH is 2. The fourth-order valence-electron chi connectivity index (χ4n) is 4.52. The predicted octanol–water partition coefficient (Wildman–Crippen LogP) is 4.00. The summed E-state index contributed by atoms with van der Waals surface area (Å²) in [6.45, 7) is 10.2. The molecule has 10 nitrogen and oxygen atoms in total. The van der Waals surface area contributed by atoms with Crippen LogP contribution in [0.2, 0.25) is 0 Å². The van der Waals surface area contributed by atoms with Crippen LogP contribution in [0.3, 0.4) is 0 Å². The van der Waals surface area contributed by atoms with Gasteiger partial charge in [-0.2, -0.15) is 0 Å². The van der Waals surface area contributed by atoms with Gasteiger partial charge < -0.3 is 20.4 Å². The van der Waals surface area contributed by atoms with Crippen molar-refractivity contribution in [3.8, 4) is 0 Å². The standard InChI is InChI=1S/C26H36N2O8/c1-13(23(33)34)27-15-9-25(3,4)11-19(31)21(15)17(29)7-8-18(30)22-16(28-14(2)24(35)36)10-26(5,6)12-20(22)32/h13-14,29-30H,7-12H2,1-6H3,(H,33,34)(H,35,36)/b21-17+,22-18+,27-15?,28-16?. The number of carbonyl (C=O) groups excluding carboxylic acids is 2. The molecule has 0 spiro atoms. The van der Waals surface area contributed by atoms with E-state index < -0.39 is 34.9 Å². The Balaban J connectivity index is 2.45. The lowest BCUT2D eigenvalue weighted by Gasteiger charge is -2.32. The van der Waals surface area contributed by atoms with Crippen LogP contribution < -0.4 is 0 Å².